The van der Waals surface area contributed by atoms with Crippen molar-refractivity contribution in [3.63, 3.8) is 0 Å². The molecular formula is C48H56N4O12. The summed E-state index contributed by atoms with van der Waals surface area (Å²) in [6, 6.07) is 16.6. The Morgan fingerprint density at radius 3 is 2.42 bits per heavy atom. The molecule has 64 heavy (non-hydrogen) atoms. The molecule has 4 aliphatic rings. The van der Waals surface area contributed by atoms with Crippen LogP contribution in [0.5, 0.6) is 17.2 Å². The van der Waals surface area contributed by atoms with Crippen LogP contribution in [0.15, 0.2) is 102 Å². The third kappa shape index (κ3) is 10.2. The van der Waals surface area contributed by atoms with Gasteiger partial charge in [-0.3, -0.25) is 25.0 Å². The normalized spacial score (nSPS) is 25.4. The predicted molar refractivity (Wildman–Crippen MR) is 238 cm³/mol. The van der Waals surface area contributed by atoms with E-state index in [0.717, 1.165) is 49.7 Å². The van der Waals surface area contributed by atoms with Crippen molar-refractivity contribution in [2.24, 2.45) is 22.9 Å². The van der Waals surface area contributed by atoms with Gasteiger partial charge in [0, 0.05) is 68.9 Å². The number of rotatable bonds is 20. The summed E-state index contributed by atoms with van der Waals surface area (Å²) in [4.78, 5) is 44.1. The Labute approximate surface area is 372 Å². The number of aliphatic hydroxyl groups is 2. The number of hydrogen-bond acceptors (Lipinski definition) is 13. The molecule has 2 fully saturated rings. The highest BCUT2D eigenvalue weighted by molar-refractivity contribution is 6.03. The van der Waals surface area contributed by atoms with Crippen molar-refractivity contribution in [1.82, 2.24) is 4.90 Å². The monoisotopic (exact) mass is 880 g/mol. The molecule has 340 valence electrons. The summed E-state index contributed by atoms with van der Waals surface area (Å²) in [5, 5.41) is 47.6. The van der Waals surface area contributed by atoms with Crippen LogP contribution in [0, 0.1) is 38.0 Å². The van der Waals surface area contributed by atoms with Crippen LogP contribution in [0.4, 0.5) is 11.4 Å². The predicted octanol–water partition coefficient (Wildman–Crippen LogP) is 8.63. The van der Waals surface area contributed by atoms with Crippen LogP contribution in [0.3, 0.4) is 0 Å². The molecule has 2 heterocycles. The highest BCUT2D eigenvalue weighted by Gasteiger charge is 2.65. The van der Waals surface area contributed by atoms with Crippen molar-refractivity contribution in [3.8, 4) is 17.2 Å². The minimum Gasteiger partial charge on any atom is -0.459 e. The topological polar surface area (TPSA) is 206 Å². The lowest BCUT2D eigenvalue weighted by molar-refractivity contribution is -0.385. The molecule has 7 atom stereocenters. The molecule has 3 aromatic carbocycles. The van der Waals surface area contributed by atoms with Gasteiger partial charge in [0.25, 0.3) is 11.4 Å². The van der Waals surface area contributed by atoms with Crippen LogP contribution in [-0.2, 0) is 19.1 Å². The van der Waals surface area contributed by atoms with E-state index in [1.165, 1.54) is 30.3 Å². The van der Waals surface area contributed by atoms with E-state index in [4.69, 9.17) is 28.9 Å². The van der Waals surface area contributed by atoms with Gasteiger partial charge < -0.3 is 38.9 Å². The number of hydrogen-bond donors (Lipinski definition) is 2. The number of ether oxygens (including phenoxy) is 4. The van der Waals surface area contributed by atoms with E-state index in [9.17, 15) is 35.2 Å². The highest BCUT2D eigenvalue weighted by Crippen LogP contribution is 2.62. The molecule has 16 heteroatoms. The fourth-order valence-corrected chi connectivity index (χ4v) is 9.65. The lowest BCUT2D eigenvalue weighted by Crippen LogP contribution is -2.69. The molecule has 16 nitrogen and oxygen atoms in total. The van der Waals surface area contributed by atoms with Crippen molar-refractivity contribution in [2.45, 2.75) is 88.2 Å². The van der Waals surface area contributed by atoms with Gasteiger partial charge in [0.15, 0.2) is 0 Å². The summed E-state index contributed by atoms with van der Waals surface area (Å²) in [6.07, 6.45) is 13.2. The lowest BCUT2D eigenvalue weighted by Gasteiger charge is -2.59. The van der Waals surface area contributed by atoms with Gasteiger partial charge in [-0.15, -0.1) is 6.58 Å². The number of non-ortho nitro benzene ring substituents is 2. The number of nitro benzene ring substituents is 2. The molecular weight excluding hydrogens is 825 g/mol. The zero-order chi connectivity index (χ0) is 45.2. The minimum absolute atomic E-state index is 0.0115. The third-order valence-corrected chi connectivity index (χ3v) is 12.7. The van der Waals surface area contributed by atoms with Gasteiger partial charge in [0.05, 0.1) is 40.8 Å². The second kappa shape index (κ2) is 21.2. The Morgan fingerprint density at radius 1 is 0.969 bits per heavy atom. The number of carbonyl (C=O) groups is 1. The second-order valence-corrected chi connectivity index (χ2v) is 16.7. The van der Waals surface area contributed by atoms with Gasteiger partial charge in [-0.25, -0.2) is 0 Å². The molecule has 7 unspecified atom stereocenters. The number of likely N-dealkylation sites (N-methyl/N-ethyl adjacent to an activating group) is 1. The maximum absolute atomic E-state index is 14.4. The van der Waals surface area contributed by atoms with Crippen LogP contribution in [-0.4, -0.2) is 88.2 Å². The number of nitrogens with zero attached hydrogens (tertiary/aromatic N) is 4. The smallest absolute Gasteiger partial charge is 0.273 e. The number of allylic oxidation sites excluding steroid dienone is 1. The molecule has 1 saturated carbocycles. The first kappa shape index (κ1) is 46.1. The molecule has 1 saturated heterocycles. The third-order valence-electron chi connectivity index (χ3n) is 12.7. The van der Waals surface area contributed by atoms with Crippen LogP contribution in [0.25, 0.3) is 6.08 Å². The average molecular weight is 881 g/mol. The maximum atomic E-state index is 14.4. The number of carbonyl (C=O) groups excluding carboxylic acids is 1. The summed E-state index contributed by atoms with van der Waals surface area (Å²) in [6.45, 7) is 4.69. The highest BCUT2D eigenvalue weighted by atomic mass is 16.8. The summed E-state index contributed by atoms with van der Waals surface area (Å²) < 4.78 is 26.4. The summed E-state index contributed by atoms with van der Waals surface area (Å²) in [7, 11) is 1.69. The Balaban J connectivity index is 1.39. The molecule has 2 aliphatic carbocycles. The van der Waals surface area contributed by atoms with Crippen molar-refractivity contribution >= 4 is 29.1 Å². The Kier molecular flexibility index (Phi) is 15.2. The Morgan fingerprint density at radius 2 is 1.72 bits per heavy atom. The summed E-state index contributed by atoms with van der Waals surface area (Å²) in [5.41, 5.74) is 2.71. The molecule has 1 amide bonds. The number of fused-ring (bicyclic) bond motifs is 2. The molecule has 0 radical (unpaired) electrons. The van der Waals surface area contributed by atoms with Crippen molar-refractivity contribution < 1.29 is 48.6 Å². The molecule has 2 N–H and O–H groups in total. The number of unbranched alkanes of at least 4 members (excludes halogenated alkanes) is 2. The Bertz CT molecular complexity index is 2240. The lowest BCUT2D eigenvalue weighted by atomic mass is 9.55. The molecule has 0 spiro atoms. The van der Waals surface area contributed by atoms with Gasteiger partial charge in [-0.1, -0.05) is 36.2 Å². The zero-order valence-electron chi connectivity index (χ0n) is 36.0. The van der Waals surface area contributed by atoms with Crippen molar-refractivity contribution in [3.05, 3.63) is 128 Å². The van der Waals surface area contributed by atoms with E-state index in [1.807, 2.05) is 6.07 Å². The number of oxime groups is 1. The van der Waals surface area contributed by atoms with Gasteiger partial charge in [0.1, 0.15) is 23.3 Å². The molecule has 3 aromatic rings. The average Bonchev–Trinajstić information content (AvgIpc) is 3.30. The largest absolute Gasteiger partial charge is 0.459 e. The number of amides is 1. The SMILES string of the molecule is C=CCOC12Oc3ccc(Oc4cccc([N+](=O)[O-])c4)cc3C3C(CCCCO)C(CCCCO)C=C(C(=NOC4CCCCO4)CC1N(C)C(=O)C=Cc1ccc([N+](=O)[O-])cc1)C32. The van der Waals surface area contributed by atoms with Crippen LogP contribution in [0.1, 0.15) is 81.3 Å². The summed E-state index contributed by atoms with van der Waals surface area (Å²) >= 11 is 0. The number of benzene rings is 3. The first-order chi connectivity index (χ1) is 31.1. The van der Waals surface area contributed by atoms with Crippen LogP contribution < -0.4 is 9.47 Å². The van der Waals surface area contributed by atoms with E-state index in [1.54, 1.807) is 60.5 Å². The molecule has 7 rings (SSSR count). The van der Waals surface area contributed by atoms with Crippen LogP contribution in [0.2, 0.25) is 0 Å². The minimum atomic E-state index is -1.50. The standard InChI is InChI=1S/C48H56N4O12/c1-3-26-61-48-43(50(2)44(55)23-18-32-16-19-34(20-17-32)51(56)57)31-41(49-64-45-15-6-9-27-60-45)39-28-33(11-4-7-24-53)38(14-5-8-25-54)46(47(39)48)40-30-37(21-22-42(40)63-48)62-36-13-10-12-35(29-36)52(58)59/h3,10,12-13,16-23,28-30,33,38,43,45-47,53-54H,1,4-9,11,14-15,24-27,31H2,2H3. The van der Waals surface area contributed by atoms with Gasteiger partial charge in [-0.2, -0.15) is 0 Å². The molecule has 0 aromatic heterocycles. The van der Waals surface area contributed by atoms with E-state index < -0.39 is 33.9 Å². The van der Waals surface area contributed by atoms with Crippen molar-refractivity contribution in [2.75, 3.05) is 33.5 Å². The van der Waals surface area contributed by atoms with Gasteiger partial charge in [-0.05, 0) is 104 Å². The van der Waals surface area contributed by atoms with E-state index >= 15 is 0 Å². The fourth-order valence-electron chi connectivity index (χ4n) is 9.65. The van der Waals surface area contributed by atoms with E-state index in [0.29, 0.717) is 48.6 Å². The second-order valence-electron chi connectivity index (χ2n) is 16.7. The first-order valence-corrected chi connectivity index (χ1v) is 22.0. The van der Waals surface area contributed by atoms with E-state index in [-0.39, 0.29) is 67.0 Å². The summed E-state index contributed by atoms with van der Waals surface area (Å²) in [5.74, 6) is -1.62. The first-order valence-electron chi connectivity index (χ1n) is 22.0. The molecule has 0 bridgehead atoms. The van der Waals surface area contributed by atoms with Crippen LogP contribution >= 0.6 is 0 Å². The zero-order valence-corrected chi connectivity index (χ0v) is 36.0. The quantitative estimate of drug-likeness (QED) is 0.0360. The molecule has 2 aliphatic heterocycles. The number of aliphatic hydroxyl groups excluding tert-OH is 2. The maximum Gasteiger partial charge on any atom is 0.273 e. The van der Waals surface area contributed by atoms with E-state index in [2.05, 4.69) is 12.7 Å². The number of nitro groups is 2. The fraction of sp³-hybridized carbons (Fsp3) is 0.458. The van der Waals surface area contributed by atoms with Crippen molar-refractivity contribution in [1.29, 1.82) is 0 Å². The van der Waals surface area contributed by atoms with Gasteiger partial charge in [0.2, 0.25) is 18.0 Å². The van der Waals surface area contributed by atoms with Gasteiger partial charge >= 0.3 is 0 Å². The Hall–Kier alpha value is -5.94.